The highest BCUT2D eigenvalue weighted by Gasteiger charge is 2.53. The van der Waals surface area contributed by atoms with Crippen molar-refractivity contribution >= 4 is 21.8 Å². The minimum absolute atomic E-state index is 0.770. The van der Waals surface area contributed by atoms with Crippen LogP contribution in [0.1, 0.15) is 12.8 Å². The molecule has 0 aromatic heterocycles. The SMILES string of the molecule is NC(=O)CCC(F)(F)C(F)(F)Br. The van der Waals surface area contributed by atoms with Gasteiger partial charge in [0.15, 0.2) is 0 Å². The number of nitrogens with two attached hydrogens (primary N) is 1. The van der Waals surface area contributed by atoms with Gasteiger partial charge < -0.3 is 5.73 Å². The van der Waals surface area contributed by atoms with Gasteiger partial charge in [-0.05, 0) is 15.9 Å². The van der Waals surface area contributed by atoms with Crippen LogP contribution in [-0.2, 0) is 4.79 Å². The van der Waals surface area contributed by atoms with Crippen LogP contribution >= 0.6 is 15.9 Å². The molecule has 2 nitrogen and oxygen atoms in total. The van der Waals surface area contributed by atoms with E-state index >= 15 is 0 Å². The fourth-order valence-electron chi connectivity index (χ4n) is 0.422. The van der Waals surface area contributed by atoms with E-state index in [4.69, 9.17) is 0 Å². The molecule has 72 valence electrons. The lowest BCUT2D eigenvalue weighted by molar-refractivity contribution is -0.154. The van der Waals surface area contributed by atoms with E-state index in [-0.39, 0.29) is 0 Å². The molecule has 0 saturated carbocycles. The van der Waals surface area contributed by atoms with Gasteiger partial charge in [0.05, 0.1) is 0 Å². The van der Waals surface area contributed by atoms with E-state index in [0.29, 0.717) is 0 Å². The number of carbonyl (C=O) groups is 1. The normalized spacial score (nSPS) is 13.1. The molecule has 7 heteroatoms. The molecular weight excluding hydrogens is 246 g/mol. The zero-order valence-electron chi connectivity index (χ0n) is 5.79. The summed E-state index contributed by atoms with van der Waals surface area (Å²) < 4.78 is 48.5. The predicted octanol–water partition coefficient (Wildman–Crippen LogP) is 1.87. The number of hydrogen-bond acceptors (Lipinski definition) is 1. The van der Waals surface area contributed by atoms with Gasteiger partial charge >= 0.3 is 10.8 Å². The third-order valence-electron chi connectivity index (χ3n) is 1.10. The van der Waals surface area contributed by atoms with Gasteiger partial charge in [-0.15, -0.1) is 0 Å². The second-order valence-corrected chi connectivity index (χ2v) is 3.16. The lowest BCUT2D eigenvalue weighted by Gasteiger charge is -2.20. The molecule has 0 aromatic rings. The van der Waals surface area contributed by atoms with Crippen molar-refractivity contribution in [3.63, 3.8) is 0 Å². The van der Waals surface area contributed by atoms with Crippen LogP contribution in [0.15, 0.2) is 0 Å². The molecule has 0 aliphatic rings. The van der Waals surface area contributed by atoms with Gasteiger partial charge in [-0.1, -0.05) is 0 Å². The van der Waals surface area contributed by atoms with Gasteiger partial charge in [0, 0.05) is 12.8 Å². The largest absolute Gasteiger partial charge is 0.370 e. The first kappa shape index (κ1) is 11.7. The third kappa shape index (κ3) is 3.38. The van der Waals surface area contributed by atoms with E-state index in [1.54, 1.807) is 0 Å². The zero-order chi connectivity index (χ0) is 9.99. The van der Waals surface area contributed by atoms with Crippen LogP contribution in [0.5, 0.6) is 0 Å². The van der Waals surface area contributed by atoms with E-state index in [0.717, 1.165) is 0 Å². The highest BCUT2D eigenvalue weighted by molar-refractivity contribution is 9.10. The molecule has 0 saturated heterocycles. The number of carbonyl (C=O) groups excluding carboxylic acids is 1. The van der Waals surface area contributed by atoms with Crippen molar-refractivity contribution in [3.8, 4) is 0 Å². The summed E-state index contributed by atoms with van der Waals surface area (Å²) in [6.07, 6.45) is -2.03. The van der Waals surface area contributed by atoms with Crippen LogP contribution in [-0.4, -0.2) is 16.7 Å². The van der Waals surface area contributed by atoms with E-state index in [2.05, 4.69) is 5.73 Å². The second kappa shape index (κ2) is 3.59. The third-order valence-corrected chi connectivity index (χ3v) is 1.68. The van der Waals surface area contributed by atoms with Crippen molar-refractivity contribution in [1.29, 1.82) is 0 Å². The van der Waals surface area contributed by atoms with Gasteiger partial charge in [0.25, 0.3) is 0 Å². The summed E-state index contributed by atoms with van der Waals surface area (Å²) in [6, 6.07) is 0. The van der Waals surface area contributed by atoms with Gasteiger partial charge in [-0.2, -0.15) is 17.6 Å². The van der Waals surface area contributed by atoms with Gasteiger partial charge in [-0.3, -0.25) is 4.79 Å². The molecular formula is C5H6BrF4NO. The first-order valence-corrected chi connectivity index (χ1v) is 3.69. The molecule has 0 radical (unpaired) electrons. The molecule has 0 heterocycles. The van der Waals surface area contributed by atoms with Crippen molar-refractivity contribution in [2.45, 2.75) is 23.6 Å². The smallest absolute Gasteiger partial charge is 0.363 e. The summed E-state index contributed by atoms with van der Waals surface area (Å²) in [4.78, 5) is 5.71. The maximum absolute atomic E-state index is 12.3. The molecule has 0 spiro atoms. The standard InChI is InChI=1S/C5H6BrF4NO/c6-5(9,10)4(7,8)2-1-3(11)12/h1-2H2,(H2,11,12). The monoisotopic (exact) mass is 251 g/mol. The van der Waals surface area contributed by atoms with E-state index < -0.39 is 29.5 Å². The fraction of sp³-hybridized carbons (Fsp3) is 0.800. The molecule has 1 amide bonds. The Morgan fingerprint density at radius 2 is 1.75 bits per heavy atom. The number of hydrogen-bond donors (Lipinski definition) is 1. The maximum atomic E-state index is 12.3. The number of halogens is 5. The van der Waals surface area contributed by atoms with Crippen molar-refractivity contribution in [2.24, 2.45) is 5.73 Å². The zero-order valence-corrected chi connectivity index (χ0v) is 7.38. The van der Waals surface area contributed by atoms with Gasteiger partial charge in [-0.25, -0.2) is 0 Å². The van der Waals surface area contributed by atoms with E-state index in [1.807, 2.05) is 0 Å². The molecule has 0 atom stereocenters. The quantitative estimate of drug-likeness (QED) is 0.602. The molecule has 2 N–H and O–H groups in total. The molecule has 12 heavy (non-hydrogen) atoms. The van der Waals surface area contributed by atoms with E-state index in [9.17, 15) is 22.4 Å². The Morgan fingerprint density at radius 1 is 1.33 bits per heavy atom. The van der Waals surface area contributed by atoms with Crippen molar-refractivity contribution in [2.75, 3.05) is 0 Å². The molecule has 0 rings (SSSR count). The van der Waals surface area contributed by atoms with Crippen LogP contribution in [0.25, 0.3) is 0 Å². The molecule has 0 fully saturated rings. The van der Waals surface area contributed by atoms with Crippen LogP contribution in [0.2, 0.25) is 0 Å². The Balaban J connectivity index is 4.14. The minimum Gasteiger partial charge on any atom is -0.370 e. The molecule has 0 bridgehead atoms. The number of amides is 1. The number of rotatable bonds is 4. The van der Waals surface area contributed by atoms with Crippen molar-refractivity contribution < 1.29 is 22.4 Å². The summed E-state index contributed by atoms with van der Waals surface area (Å²) in [5.74, 6) is -5.28. The fourth-order valence-corrected chi connectivity index (χ4v) is 0.620. The number of alkyl halides is 5. The van der Waals surface area contributed by atoms with Crippen LogP contribution in [0.4, 0.5) is 17.6 Å². The molecule has 0 aromatic carbocycles. The maximum Gasteiger partial charge on any atom is 0.363 e. The summed E-state index contributed by atoms with van der Waals surface area (Å²) in [5.41, 5.74) is 4.51. The Kier molecular flexibility index (Phi) is 3.49. The summed E-state index contributed by atoms with van der Waals surface area (Å²) >= 11 is 1.51. The molecule has 0 unspecified atom stereocenters. The van der Waals surface area contributed by atoms with Crippen LogP contribution in [0, 0.1) is 0 Å². The average Bonchev–Trinajstić information content (AvgIpc) is 1.81. The first-order chi connectivity index (χ1) is 5.17. The molecule has 0 aliphatic heterocycles. The van der Waals surface area contributed by atoms with Crippen LogP contribution in [0.3, 0.4) is 0 Å². The topological polar surface area (TPSA) is 43.1 Å². The minimum atomic E-state index is -4.30. The van der Waals surface area contributed by atoms with E-state index in [1.165, 1.54) is 15.9 Å². The van der Waals surface area contributed by atoms with Crippen molar-refractivity contribution in [1.82, 2.24) is 0 Å². The Hall–Kier alpha value is -0.330. The number of primary amides is 1. The Bertz CT molecular complexity index is 179. The Labute approximate surface area is 74.2 Å². The summed E-state index contributed by atoms with van der Waals surface area (Å²) in [6.45, 7) is 0. The lowest BCUT2D eigenvalue weighted by Crippen LogP contribution is -2.35. The summed E-state index contributed by atoms with van der Waals surface area (Å²) in [7, 11) is 0. The van der Waals surface area contributed by atoms with Gasteiger partial charge in [0.1, 0.15) is 0 Å². The van der Waals surface area contributed by atoms with Gasteiger partial charge in [0.2, 0.25) is 5.91 Å². The van der Waals surface area contributed by atoms with Crippen molar-refractivity contribution in [3.05, 3.63) is 0 Å². The highest BCUT2D eigenvalue weighted by atomic mass is 79.9. The van der Waals surface area contributed by atoms with Crippen LogP contribution < -0.4 is 5.73 Å². The second-order valence-electron chi connectivity index (χ2n) is 2.17. The lowest BCUT2D eigenvalue weighted by atomic mass is 10.2. The first-order valence-electron chi connectivity index (χ1n) is 2.89. The average molecular weight is 252 g/mol. The molecule has 0 aliphatic carbocycles. The Morgan fingerprint density at radius 3 is 2.00 bits per heavy atom. The highest BCUT2D eigenvalue weighted by Crippen LogP contribution is 2.42. The summed E-state index contributed by atoms with van der Waals surface area (Å²) in [5, 5.41) is 0. The predicted molar refractivity (Wildman–Crippen MR) is 37.2 cm³/mol.